The number of allylic oxidation sites excluding steroid dienone is 3. The lowest BCUT2D eigenvalue weighted by Gasteiger charge is -2.08. The molecule has 2 nitrogen and oxygen atoms in total. The molecule has 0 aromatic heterocycles. The zero-order chi connectivity index (χ0) is 11.8. The van der Waals surface area contributed by atoms with Gasteiger partial charge in [0, 0.05) is 6.92 Å². The highest BCUT2D eigenvalue weighted by Gasteiger charge is 2.01. The van der Waals surface area contributed by atoms with Crippen molar-refractivity contribution in [1.29, 1.82) is 0 Å². The van der Waals surface area contributed by atoms with Crippen molar-refractivity contribution in [1.82, 2.24) is 0 Å². The lowest BCUT2D eigenvalue weighted by molar-refractivity contribution is -0.143. The highest BCUT2D eigenvalue weighted by molar-refractivity contribution is 5.66. The van der Waals surface area contributed by atoms with Gasteiger partial charge >= 0.3 is 5.97 Å². The smallest absolute Gasteiger partial charge is 0.303 e. The summed E-state index contributed by atoms with van der Waals surface area (Å²) in [6.07, 6.45) is 6.18. The van der Waals surface area contributed by atoms with Crippen LogP contribution >= 0.6 is 0 Å². The first-order valence-corrected chi connectivity index (χ1v) is 5.39. The quantitative estimate of drug-likeness (QED) is 0.511. The van der Waals surface area contributed by atoms with Gasteiger partial charge in [-0.15, -0.1) is 0 Å². The fourth-order valence-electron chi connectivity index (χ4n) is 1.37. The van der Waals surface area contributed by atoms with Gasteiger partial charge in [0.25, 0.3) is 0 Å². The first-order valence-electron chi connectivity index (χ1n) is 5.39. The Morgan fingerprint density at radius 3 is 2.33 bits per heavy atom. The van der Waals surface area contributed by atoms with E-state index in [2.05, 4.69) is 26.8 Å². The third-order valence-corrected chi connectivity index (χ3v) is 1.96. The first kappa shape index (κ1) is 13.9. The average molecular weight is 210 g/mol. The standard InChI is InChI=1S/C13H22O2/c1-10(2)7-6-8-11(3)9-12(4)15-13(5)14/h7,9,12H,6,8H2,1-5H3/b11-9+. The highest BCUT2D eigenvalue weighted by Crippen LogP contribution is 2.08. The minimum atomic E-state index is -0.226. The molecule has 0 aliphatic rings. The number of rotatable bonds is 5. The van der Waals surface area contributed by atoms with Crippen LogP contribution in [0.1, 0.15) is 47.5 Å². The van der Waals surface area contributed by atoms with Crippen LogP contribution in [0.3, 0.4) is 0 Å². The molecule has 1 unspecified atom stereocenters. The Morgan fingerprint density at radius 1 is 1.27 bits per heavy atom. The molecule has 1 atom stereocenters. The van der Waals surface area contributed by atoms with Crippen LogP contribution in [0.2, 0.25) is 0 Å². The van der Waals surface area contributed by atoms with Crippen molar-refractivity contribution in [2.24, 2.45) is 0 Å². The molecule has 86 valence electrons. The minimum absolute atomic E-state index is 0.116. The Balaban J connectivity index is 3.97. The van der Waals surface area contributed by atoms with Crippen LogP contribution in [0, 0.1) is 0 Å². The van der Waals surface area contributed by atoms with Crippen LogP contribution in [0.25, 0.3) is 0 Å². The van der Waals surface area contributed by atoms with Crippen LogP contribution < -0.4 is 0 Å². The number of esters is 1. The van der Waals surface area contributed by atoms with E-state index in [1.807, 2.05) is 13.0 Å². The molecule has 0 aliphatic heterocycles. The molecule has 0 aromatic rings. The molecular formula is C13H22O2. The molecule has 0 spiro atoms. The number of ether oxygens (including phenoxy) is 1. The molecular weight excluding hydrogens is 188 g/mol. The van der Waals surface area contributed by atoms with E-state index in [0.717, 1.165) is 12.8 Å². The molecule has 0 heterocycles. The third-order valence-electron chi connectivity index (χ3n) is 1.96. The summed E-state index contributed by atoms with van der Waals surface area (Å²) >= 11 is 0. The summed E-state index contributed by atoms with van der Waals surface area (Å²) in [5, 5.41) is 0. The summed E-state index contributed by atoms with van der Waals surface area (Å²) in [5.74, 6) is -0.226. The molecule has 0 aliphatic carbocycles. The van der Waals surface area contributed by atoms with E-state index in [4.69, 9.17) is 4.74 Å². The lowest BCUT2D eigenvalue weighted by atomic mass is 10.1. The Hall–Kier alpha value is -1.05. The summed E-state index contributed by atoms with van der Waals surface area (Å²) in [4.78, 5) is 10.7. The van der Waals surface area contributed by atoms with Crippen molar-refractivity contribution in [3.05, 3.63) is 23.3 Å². The summed E-state index contributed by atoms with van der Waals surface area (Å²) in [6, 6.07) is 0. The van der Waals surface area contributed by atoms with Crippen LogP contribution in [-0.2, 0) is 9.53 Å². The lowest BCUT2D eigenvalue weighted by Crippen LogP contribution is -2.09. The first-order chi connectivity index (χ1) is 6.91. The van der Waals surface area contributed by atoms with Gasteiger partial charge in [-0.25, -0.2) is 0 Å². The predicted octanol–water partition coefficient (Wildman–Crippen LogP) is 3.63. The van der Waals surface area contributed by atoms with Gasteiger partial charge in [0.15, 0.2) is 0 Å². The van der Waals surface area contributed by atoms with Gasteiger partial charge in [-0.1, -0.05) is 17.2 Å². The third kappa shape index (κ3) is 9.26. The zero-order valence-corrected chi connectivity index (χ0v) is 10.5. The second kappa shape index (κ2) is 7.27. The Bertz CT molecular complexity index is 258. The molecule has 0 rings (SSSR count). The van der Waals surface area contributed by atoms with E-state index in [1.54, 1.807) is 0 Å². The second-order valence-corrected chi connectivity index (χ2v) is 4.15. The number of hydrogen-bond donors (Lipinski definition) is 0. The fourth-order valence-corrected chi connectivity index (χ4v) is 1.37. The maximum Gasteiger partial charge on any atom is 0.303 e. The van der Waals surface area contributed by atoms with Gasteiger partial charge < -0.3 is 4.74 Å². The molecule has 0 amide bonds. The van der Waals surface area contributed by atoms with Crippen molar-refractivity contribution in [3.8, 4) is 0 Å². The van der Waals surface area contributed by atoms with Crippen molar-refractivity contribution < 1.29 is 9.53 Å². The normalized spacial score (nSPS) is 13.3. The number of carbonyl (C=O) groups is 1. The fraction of sp³-hybridized carbons (Fsp3) is 0.615. The summed E-state index contributed by atoms with van der Waals surface area (Å²) in [6.45, 7) is 9.58. The van der Waals surface area contributed by atoms with Gasteiger partial charge in [-0.05, 0) is 46.6 Å². The largest absolute Gasteiger partial charge is 0.459 e. The summed E-state index contributed by atoms with van der Waals surface area (Å²) in [5.41, 5.74) is 2.61. The van der Waals surface area contributed by atoms with Gasteiger partial charge in [-0.2, -0.15) is 0 Å². The zero-order valence-electron chi connectivity index (χ0n) is 10.5. The molecule has 0 saturated carbocycles. The average Bonchev–Trinajstić information content (AvgIpc) is 2.00. The minimum Gasteiger partial charge on any atom is -0.459 e. The molecule has 0 saturated heterocycles. The van der Waals surface area contributed by atoms with E-state index < -0.39 is 0 Å². The van der Waals surface area contributed by atoms with Crippen molar-refractivity contribution >= 4 is 5.97 Å². The van der Waals surface area contributed by atoms with Crippen molar-refractivity contribution in [2.75, 3.05) is 0 Å². The van der Waals surface area contributed by atoms with Gasteiger partial charge in [0.2, 0.25) is 0 Å². The maximum absolute atomic E-state index is 10.7. The molecule has 15 heavy (non-hydrogen) atoms. The van der Waals surface area contributed by atoms with E-state index in [0.29, 0.717) is 0 Å². The Kier molecular flexibility index (Phi) is 6.76. The summed E-state index contributed by atoms with van der Waals surface area (Å²) in [7, 11) is 0. The number of carbonyl (C=O) groups excluding carboxylic acids is 1. The number of hydrogen-bond acceptors (Lipinski definition) is 2. The SMILES string of the molecule is CC(=O)OC(C)/C=C(\C)CCC=C(C)C. The maximum atomic E-state index is 10.7. The second-order valence-electron chi connectivity index (χ2n) is 4.15. The van der Waals surface area contributed by atoms with Gasteiger partial charge in [0.1, 0.15) is 6.10 Å². The van der Waals surface area contributed by atoms with Crippen LogP contribution in [0.4, 0.5) is 0 Å². The van der Waals surface area contributed by atoms with Crippen molar-refractivity contribution in [2.45, 2.75) is 53.6 Å². The topological polar surface area (TPSA) is 26.3 Å². The predicted molar refractivity (Wildman–Crippen MR) is 63.7 cm³/mol. The molecule has 2 heteroatoms. The van der Waals surface area contributed by atoms with Crippen molar-refractivity contribution in [3.63, 3.8) is 0 Å². The molecule has 0 bridgehead atoms. The molecule has 0 N–H and O–H groups in total. The molecule has 0 fully saturated rings. The van der Waals surface area contributed by atoms with E-state index in [-0.39, 0.29) is 12.1 Å². The van der Waals surface area contributed by atoms with Gasteiger partial charge in [-0.3, -0.25) is 4.79 Å². The monoisotopic (exact) mass is 210 g/mol. The van der Waals surface area contributed by atoms with Crippen LogP contribution in [-0.4, -0.2) is 12.1 Å². The Labute approximate surface area is 93.0 Å². The molecule has 0 aromatic carbocycles. The Morgan fingerprint density at radius 2 is 1.87 bits per heavy atom. The highest BCUT2D eigenvalue weighted by atomic mass is 16.5. The van der Waals surface area contributed by atoms with Crippen LogP contribution in [0.15, 0.2) is 23.3 Å². The van der Waals surface area contributed by atoms with E-state index >= 15 is 0 Å². The van der Waals surface area contributed by atoms with E-state index in [9.17, 15) is 4.79 Å². The molecule has 0 radical (unpaired) electrons. The van der Waals surface area contributed by atoms with Crippen LogP contribution in [0.5, 0.6) is 0 Å². The van der Waals surface area contributed by atoms with E-state index in [1.165, 1.54) is 18.1 Å². The summed E-state index contributed by atoms with van der Waals surface area (Å²) < 4.78 is 5.02. The van der Waals surface area contributed by atoms with Gasteiger partial charge in [0.05, 0.1) is 0 Å².